The molecule has 0 aliphatic carbocycles. The van der Waals surface area contributed by atoms with Gasteiger partial charge in [0.15, 0.2) is 5.16 Å². The number of anilines is 1. The maximum absolute atomic E-state index is 11.5. The molecule has 0 unspecified atom stereocenters. The van der Waals surface area contributed by atoms with Crippen LogP contribution in [0.1, 0.15) is 13.3 Å². The molecule has 0 N–H and O–H groups in total. The Hall–Kier alpha value is -1.22. The van der Waals surface area contributed by atoms with Gasteiger partial charge in [0.25, 0.3) is 0 Å². The van der Waals surface area contributed by atoms with E-state index in [0.29, 0.717) is 17.6 Å². The van der Waals surface area contributed by atoms with Gasteiger partial charge in [-0.2, -0.15) is 21.7 Å². The topological polar surface area (TPSA) is 81.4 Å². The van der Waals surface area contributed by atoms with Crippen molar-refractivity contribution in [3.8, 4) is 5.88 Å². The van der Waals surface area contributed by atoms with E-state index in [4.69, 9.17) is 4.74 Å². The van der Waals surface area contributed by atoms with Gasteiger partial charge in [-0.15, -0.1) is 0 Å². The number of hydrogen-bond acceptors (Lipinski definition) is 8. The van der Waals surface area contributed by atoms with Crippen molar-refractivity contribution in [1.29, 1.82) is 0 Å². The van der Waals surface area contributed by atoms with E-state index in [-0.39, 0.29) is 11.6 Å². The second-order valence-electron chi connectivity index (χ2n) is 4.39. The van der Waals surface area contributed by atoms with E-state index in [0.717, 1.165) is 31.0 Å². The lowest BCUT2D eigenvalue weighted by Crippen LogP contribution is -2.34. The van der Waals surface area contributed by atoms with Crippen molar-refractivity contribution in [1.82, 2.24) is 9.97 Å². The Labute approximate surface area is 132 Å². The van der Waals surface area contributed by atoms with Gasteiger partial charge in [0.05, 0.1) is 11.5 Å². The molecule has 1 saturated heterocycles. The predicted molar refractivity (Wildman–Crippen MR) is 85.8 cm³/mol. The van der Waals surface area contributed by atoms with Crippen LogP contribution in [0, 0.1) is 10.1 Å². The third-order valence-corrected chi connectivity index (χ3v) is 4.42. The summed E-state index contributed by atoms with van der Waals surface area (Å²) in [6.07, 6.45) is 2.62. The van der Waals surface area contributed by atoms with E-state index in [9.17, 15) is 10.1 Å². The molecule has 1 aliphatic heterocycles. The molecule has 0 saturated carbocycles. The first-order valence-electron chi connectivity index (χ1n) is 6.73. The summed E-state index contributed by atoms with van der Waals surface area (Å²) in [6, 6.07) is 0. The number of thioether (sulfide) groups is 2. The zero-order chi connectivity index (χ0) is 15.2. The van der Waals surface area contributed by atoms with Gasteiger partial charge in [-0.05, 0) is 12.7 Å². The van der Waals surface area contributed by atoms with Crippen LogP contribution in [0.3, 0.4) is 0 Å². The first-order valence-corrected chi connectivity index (χ1v) is 9.11. The molecule has 0 bridgehead atoms. The average molecular weight is 330 g/mol. The maximum Gasteiger partial charge on any atom is 0.373 e. The van der Waals surface area contributed by atoms with Crippen LogP contribution in [0.4, 0.5) is 11.5 Å². The van der Waals surface area contributed by atoms with Crippen LogP contribution in [0.5, 0.6) is 5.88 Å². The smallest absolute Gasteiger partial charge is 0.373 e. The summed E-state index contributed by atoms with van der Waals surface area (Å²) in [5, 5.41) is 12.0. The fraction of sp³-hybridized carbons (Fsp3) is 0.667. The molecule has 1 fully saturated rings. The van der Waals surface area contributed by atoms with Gasteiger partial charge in [-0.1, -0.05) is 18.7 Å². The molecule has 2 rings (SSSR count). The van der Waals surface area contributed by atoms with Crippen LogP contribution in [-0.2, 0) is 0 Å². The molecule has 1 aromatic heterocycles. The van der Waals surface area contributed by atoms with Crippen molar-refractivity contribution >= 4 is 35.0 Å². The zero-order valence-electron chi connectivity index (χ0n) is 12.1. The fourth-order valence-electron chi connectivity index (χ4n) is 1.95. The third-order valence-electron chi connectivity index (χ3n) is 2.93. The summed E-state index contributed by atoms with van der Waals surface area (Å²) in [5.74, 6) is 2.35. The first-order chi connectivity index (χ1) is 10.2. The summed E-state index contributed by atoms with van der Waals surface area (Å²) in [5.41, 5.74) is -0.117. The number of rotatable bonds is 6. The predicted octanol–water partition coefficient (Wildman–Crippen LogP) is 2.45. The van der Waals surface area contributed by atoms with E-state index in [1.165, 1.54) is 11.8 Å². The van der Waals surface area contributed by atoms with Crippen molar-refractivity contribution < 1.29 is 9.66 Å². The SMILES string of the molecule is CCCOc1nc(SC)nc(N2CCSCC2)c1[N+](=O)[O-]. The van der Waals surface area contributed by atoms with Crippen LogP contribution in [0.25, 0.3) is 0 Å². The van der Waals surface area contributed by atoms with E-state index in [2.05, 4.69) is 9.97 Å². The van der Waals surface area contributed by atoms with Gasteiger partial charge in [-0.25, -0.2) is 0 Å². The summed E-state index contributed by atoms with van der Waals surface area (Å²) in [4.78, 5) is 21.5. The highest BCUT2D eigenvalue weighted by Crippen LogP contribution is 2.36. The number of ether oxygens (including phenoxy) is 1. The summed E-state index contributed by atoms with van der Waals surface area (Å²) >= 11 is 3.20. The molecule has 0 spiro atoms. The van der Waals surface area contributed by atoms with Gasteiger partial charge < -0.3 is 9.64 Å². The first kappa shape index (κ1) is 16.2. The summed E-state index contributed by atoms with van der Waals surface area (Å²) < 4.78 is 5.48. The Bertz CT molecular complexity index is 510. The maximum atomic E-state index is 11.5. The van der Waals surface area contributed by atoms with E-state index >= 15 is 0 Å². The monoisotopic (exact) mass is 330 g/mol. The minimum Gasteiger partial charge on any atom is -0.473 e. The third kappa shape index (κ3) is 3.91. The van der Waals surface area contributed by atoms with Gasteiger partial charge in [0, 0.05) is 24.6 Å². The zero-order valence-corrected chi connectivity index (χ0v) is 13.7. The molecule has 0 aromatic carbocycles. The Morgan fingerprint density at radius 3 is 2.71 bits per heavy atom. The minimum absolute atomic E-state index is 0.0782. The van der Waals surface area contributed by atoms with Crippen molar-refractivity contribution in [3.63, 3.8) is 0 Å². The Balaban J connectivity index is 2.45. The van der Waals surface area contributed by atoms with Crippen LogP contribution in [0.2, 0.25) is 0 Å². The number of hydrogen-bond donors (Lipinski definition) is 0. The summed E-state index contributed by atoms with van der Waals surface area (Å²) in [6.45, 7) is 3.86. The lowest BCUT2D eigenvalue weighted by Gasteiger charge is -2.27. The summed E-state index contributed by atoms with van der Waals surface area (Å²) in [7, 11) is 0. The second-order valence-corrected chi connectivity index (χ2v) is 6.39. The molecule has 1 aliphatic rings. The molecule has 0 radical (unpaired) electrons. The molecule has 7 nitrogen and oxygen atoms in total. The number of aromatic nitrogens is 2. The molecule has 116 valence electrons. The Kier molecular flexibility index (Phi) is 5.92. The Morgan fingerprint density at radius 1 is 1.43 bits per heavy atom. The normalized spacial score (nSPS) is 15.0. The highest BCUT2D eigenvalue weighted by atomic mass is 32.2. The fourth-order valence-corrected chi connectivity index (χ4v) is 3.21. The minimum atomic E-state index is -0.438. The number of nitro groups is 1. The standard InChI is InChI=1S/C12H18N4O3S2/c1-3-6-19-11-9(16(17)18)10(13-12(14-11)20-2)15-4-7-21-8-5-15/h3-8H2,1-2H3. The number of nitrogens with zero attached hydrogens (tertiary/aromatic N) is 4. The van der Waals surface area contributed by atoms with Gasteiger partial charge in [0.1, 0.15) is 0 Å². The van der Waals surface area contributed by atoms with Crippen molar-refractivity contribution in [3.05, 3.63) is 10.1 Å². The molecule has 9 heteroatoms. The largest absolute Gasteiger partial charge is 0.473 e. The lowest BCUT2D eigenvalue weighted by molar-refractivity contribution is -0.385. The van der Waals surface area contributed by atoms with E-state index in [1.807, 2.05) is 29.8 Å². The highest BCUT2D eigenvalue weighted by Gasteiger charge is 2.30. The second kappa shape index (κ2) is 7.69. The molecule has 0 amide bonds. The van der Waals surface area contributed by atoms with Crippen LogP contribution in [-0.4, -0.2) is 52.3 Å². The molecule has 21 heavy (non-hydrogen) atoms. The Morgan fingerprint density at radius 2 is 2.14 bits per heavy atom. The molecular weight excluding hydrogens is 312 g/mol. The average Bonchev–Trinajstić information content (AvgIpc) is 2.52. The van der Waals surface area contributed by atoms with E-state index in [1.54, 1.807) is 0 Å². The molecule has 1 aromatic rings. The van der Waals surface area contributed by atoms with Crippen LogP contribution < -0.4 is 9.64 Å². The van der Waals surface area contributed by atoms with Gasteiger partial charge in [-0.3, -0.25) is 10.1 Å². The lowest BCUT2D eigenvalue weighted by atomic mass is 10.4. The van der Waals surface area contributed by atoms with Crippen molar-refractivity contribution in [2.75, 3.05) is 42.4 Å². The van der Waals surface area contributed by atoms with Crippen molar-refractivity contribution in [2.45, 2.75) is 18.5 Å². The highest BCUT2D eigenvalue weighted by molar-refractivity contribution is 7.99. The van der Waals surface area contributed by atoms with Crippen LogP contribution in [0.15, 0.2) is 5.16 Å². The van der Waals surface area contributed by atoms with Crippen molar-refractivity contribution in [2.24, 2.45) is 0 Å². The molecular formula is C12H18N4O3S2. The quantitative estimate of drug-likeness (QED) is 0.340. The van der Waals surface area contributed by atoms with E-state index < -0.39 is 4.92 Å². The molecule has 0 atom stereocenters. The molecule has 2 heterocycles. The van der Waals surface area contributed by atoms with Gasteiger partial charge >= 0.3 is 11.6 Å². The van der Waals surface area contributed by atoms with Gasteiger partial charge in [0.2, 0.25) is 5.82 Å². The van der Waals surface area contributed by atoms with Crippen LogP contribution >= 0.6 is 23.5 Å².